The van der Waals surface area contributed by atoms with E-state index in [0.29, 0.717) is 0 Å². The highest BCUT2D eigenvalue weighted by atomic mass is 32.1. The van der Waals surface area contributed by atoms with Gasteiger partial charge in [-0.15, -0.1) is 34.0 Å². The van der Waals surface area contributed by atoms with Crippen LogP contribution < -0.4 is 0 Å². The molecule has 0 aliphatic rings. The molecule has 0 saturated carbocycles. The molecule has 3 heterocycles. The van der Waals surface area contributed by atoms with Crippen LogP contribution in [-0.2, 0) is 0 Å². The normalized spacial score (nSPS) is 11.5. The highest BCUT2D eigenvalue weighted by Crippen LogP contribution is 2.52. The zero-order valence-corrected chi connectivity index (χ0v) is 31.5. The quantitative estimate of drug-likeness (QED) is 0.161. The Morgan fingerprint density at radius 1 is 0.314 bits per heavy atom. The molecule has 0 N–H and O–H groups in total. The lowest BCUT2D eigenvalue weighted by atomic mass is 9.90. The molecule has 0 bridgehead atoms. The van der Waals surface area contributed by atoms with E-state index in [1.807, 2.05) is 34.0 Å². The Morgan fingerprint density at radius 2 is 0.588 bits per heavy atom. The molecule has 246 valence electrons. The number of hydrogen-bond donors (Lipinski definition) is 0. The molecule has 0 fully saturated rings. The average molecular weight is 709 g/mol. The molecule has 0 spiro atoms. The first kappa shape index (κ1) is 31.9. The van der Waals surface area contributed by atoms with E-state index in [0.717, 1.165) is 0 Å². The number of rotatable bonds is 6. The molecular weight excluding hydrogens is 673 g/mol. The second kappa shape index (κ2) is 12.9. The SMILES string of the molecule is Cc1ccc(-c2cccc(-c3ccc(C)cc3)c2-c2cc3sc4cc(-c5c(-c6ccc(C)cc6)cccc5-c5ccc(C)cc5)sc4c3s2)cc1. The first-order valence-electron chi connectivity index (χ1n) is 17.4. The first-order valence-corrected chi connectivity index (χ1v) is 19.9. The molecule has 3 aromatic heterocycles. The summed E-state index contributed by atoms with van der Waals surface area (Å²) in [5, 5.41) is 0. The highest BCUT2D eigenvalue weighted by molar-refractivity contribution is 7.40. The van der Waals surface area contributed by atoms with E-state index in [1.165, 1.54) is 106 Å². The van der Waals surface area contributed by atoms with Crippen molar-refractivity contribution in [3.8, 4) is 65.4 Å². The maximum absolute atomic E-state index is 2.44. The molecule has 9 rings (SSSR count). The van der Waals surface area contributed by atoms with Crippen LogP contribution in [0.2, 0.25) is 0 Å². The van der Waals surface area contributed by atoms with Crippen molar-refractivity contribution in [1.29, 1.82) is 0 Å². The predicted octanol–water partition coefficient (Wildman–Crippen LogP) is 15.4. The number of hydrogen-bond acceptors (Lipinski definition) is 3. The van der Waals surface area contributed by atoms with Crippen LogP contribution in [0.5, 0.6) is 0 Å². The van der Waals surface area contributed by atoms with Crippen LogP contribution >= 0.6 is 34.0 Å². The van der Waals surface area contributed by atoms with Crippen molar-refractivity contribution in [3.63, 3.8) is 0 Å². The van der Waals surface area contributed by atoms with Crippen LogP contribution in [0.25, 0.3) is 84.2 Å². The molecule has 0 aliphatic heterocycles. The lowest BCUT2D eigenvalue weighted by Crippen LogP contribution is -1.89. The van der Waals surface area contributed by atoms with E-state index in [4.69, 9.17) is 0 Å². The van der Waals surface area contributed by atoms with Crippen molar-refractivity contribution in [2.45, 2.75) is 27.7 Å². The molecular formula is C48H36S3. The molecule has 0 radical (unpaired) electrons. The minimum atomic E-state index is 1.25. The Balaban J connectivity index is 1.24. The van der Waals surface area contributed by atoms with Gasteiger partial charge in [0.2, 0.25) is 0 Å². The fraction of sp³-hybridized carbons (Fsp3) is 0.0833. The zero-order valence-electron chi connectivity index (χ0n) is 29.1. The fourth-order valence-electron chi connectivity index (χ4n) is 7.11. The standard InChI is InChI=1S/C48H36S3/c1-29-11-19-33(20-12-29)37-7-5-8-38(34-21-13-30(2)14-22-34)45(37)41-27-43-47(50-41)48-44(49-43)28-42(51-48)46-39(35-23-15-31(3)16-24-35)9-6-10-40(46)36-25-17-32(4)18-26-36/h5-28H,1-4H3. The van der Waals surface area contributed by atoms with Crippen LogP contribution in [0.3, 0.4) is 0 Å². The lowest BCUT2D eigenvalue weighted by molar-refractivity contribution is 1.46. The van der Waals surface area contributed by atoms with Gasteiger partial charge in [0.1, 0.15) is 0 Å². The largest absolute Gasteiger partial charge is 0.133 e. The Labute approximate surface area is 312 Å². The van der Waals surface area contributed by atoms with Crippen LogP contribution in [-0.4, -0.2) is 0 Å². The number of fused-ring (bicyclic) bond motifs is 3. The second-order valence-electron chi connectivity index (χ2n) is 13.6. The Bertz CT molecular complexity index is 2360. The monoisotopic (exact) mass is 708 g/mol. The minimum absolute atomic E-state index is 1.25. The molecule has 6 aromatic carbocycles. The van der Waals surface area contributed by atoms with Gasteiger partial charge < -0.3 is 0 Å². The van der Waals surface area contributed by atoms with Gasteiger partial charge in [-0.2, -0.15) is 0 Å². The maximum atomic E-state index is 2.44. The molecule has 51 heavy (non-hydrogen) atoms. The van der Waals surface area contributed by atoms with E-state index in [-0.39, 0.29) is 0 Å². The summed E-state index contributed by atoms with van der Waals surface area (Å²) in [5.41, 5.74) is 17.8. The fourth-order valence-corrected chi connectivity index (χ4v) is 11.3. The van der Waals surface area contributed by atoms with E-state index in [2.05, 4.69) is 173 Å². The number of thiophene rings is 3. The number of aryl methyl sites for hydroxylation is 4. The Morgan fingerprint density at radius 3 is 0.863 bits per heavy atom. The summed E-state index contributed by atoms with van der Waals surface area (Å²) in [5.74, 6) is 0. The van der Waals surface area contributed by atoms with Crippen molar-refractivity contribution in [3.05, 3.63) is 168 Å². The van der Waals surface area contributed by atoms with Crippen molar-refractivity contribution >= 4 is 52.8 Å². The number of benzene rings is 6. The van der Waals surface area contributed by atoms with Gasteiger partial charge in [-0.3, -0.25) is 0 Å². The molecule has 0 amide bonds. The maximum Gasteiger partial charge on any atom is 0.0636 e. The molecule has 0 unspecified atom stereocenters. The third-order valence-electron chi connectivity index (χ3n) is 9.89. The zero-order chi connectivity index (χ0) is 34.6. The minimum Gasteiger partial charge on any atom is -0.133 e. The lowest BCUT2D eigenvalue weighted by Gasteiger charge is -2.15. The van der Waals surface area contributed by atoms with E-state index in [1.54, 1.807) is 0 Å². The van der Waals surface area contributed by atoms with Crippen molar-refractivity contribution < 1.29 is 0 Å². The van der Waals surface area contributed by atoms with E-state index >= 15 is 0 Å². The van der Waals surface area contributed by atoms with Gasteiger partial charge in [0.05, 0.1) is 9.40 Å². The summed E-state index contributed by atoms with van der Waals surface area (Å²) < 4.78 is 5.50. The summed E-state index contributed by atoms with van der Waals surface area (Å²) >= 11 is 5.82. The topological polar surface area (TPSA) is 0 Å². The van der Waals surface area contributed by atoms with Crippen LogP contribution in [0.15, 0.2) is 146 Å². The smallest absolute Gasteiger partial charge is 0.0636 e. The van der Waals surface area contributed by atoms with Gasteiger partial charge in [-0.25, -0.2) is 0 Å². The molecule has 3 heteroatoms. The molecule has 0 nitrogen and oxygen atoms in total. The second-order valence-corrected chi connectivity index (χ2v) is 16.8. The Hall–Kier alpha value is -5.06. The molecule has 0 saturated heterocycles. The van der Waals surface area contributed by atoms with Gasteiger partial charge in [0.15, 0.2) is 0 Å². The highest BCUT2D eigenvalue weighted by Gasteiger charge is 2.22. The summed E-state index contributed by atoms with van der Waals surface area (Å²) in [4.78, 5) is 2.64. The van der Waals surface area contributed by atoms with Gasteiger partial charge in [0.25, 0.3) is 0 Å². The third-order valence-corrected chi connectivity index (χ3v) is 13.7. The summed E-state index contributed by atoms with van der Waals surface area (Å²) in [6.07, 6.45) is 0. The molecule has 9 aromatic rings. The van der Waals surface area contributed by atoms with Gasteiger partial charge in [-0.1, -0.05) is 156 Å². The summed E-state index contributed by atoms with van der Waals surface area (Å²) in [6.45, 7) is 8.63. The van der Waals surface area contributed by atoms with Crippen molar-refractivity contribution in [2.24, 2.45) is 0 Å². The van der Waals surface area contributed by atoms with Crippen LogP contribution in [0.1, 0.15) is 22.3 Å². The first-order chi connectivity index (χ1) is 24.9. The Kier molecular flexibility index (Phi) is 8.08. The van der Waals surface area contributed by atoms with Crippen LogP contribution in [0, 0.1) is 27.7 Å². The van der Waals surface area contributed by atoms with Crippen molar-refractivity contribution in [2.75, 3.05) is 0 Å². The van der Waals surface area contributed by atoms with Gasteiger partial charge in [-0.05, 0) is 84.3 Å². The molecule has 0 aliphatic carbocycles. The average Bonchev–Trinajstić information content (AvgIpc) is 3.84. The van der Waals surface area contributed by atoms with Gasteiger partial charge >= 0.3 is 0 Å². The van der Waals surface area contributed by atoms with Crippen molar-refractivity contribution in [1.82, 2.24) is 0 Å². The van der Waals surface area contributed by atoms with E-state index in [9.17, 15) is 0 Å². The van der Waals surface area contributed by atoms with Gasteiger partial charge in [0, 0.05) is 30.3 Å². The third kappa shape index (κ3) is 5.86. The molecule has 0 atom stereocenters. The summed E-state index contributed by atoms with van der Waals surface area (Å²) in [7, 11) is 0. The van der Waals surface area contributed by atoms with Crippen LogP contribution in [0.4, 0.5) is 0 Å². The van der Waals surface area contributed by atoms with E-state index < -0.39 is 0 Å². The summed E-state index contributed by atoms with van der Waals surface area (Å²) in [6, 6.07) is 54.4. The predicted molar refractivity (Wildman–Crippen MR) is 227 cm³/mol.